The van der Waals surface area contributed by atoms with Crippen molar-refractivity contribution in [3.8, 4) is 0 Å². The van der Waals surface area contributed by atoms with Crippen molar-refractivity contribution in [1.82, 2.24) is 4.31 Å². The number of esters is 1. The lowest BCUT2D eigenvalue weighted by Crippen LogP contribution is -2.48. The van der Waals surface area contributed by atoms with Crippen LogP contribution in [0.3, 0.4) is 0 Å². The molecule has 2 heterocycles. The third-order valence-corrected chi connectivity index (χ3v) is 6.59. The number of rotatable bonds is 3. The summed E-state index contributed by atoms with van der Waals surface area (Å²) in [5.41, 5.74) is 0. The molecular formula is C10H12BrNO5S2. The van der Waals surface area contributed by atoms with Crippen molar-refractivity contribution < 1.29 is 22.7 Å². The number of morpholine rings is 1. The van der Waals surface area contributed by atoms with Crippen molar-refractivity contribution in [2.45, 2.75) is 10.3 Å². The van der Waals surface area contributed by atoms with E-state index in [2.05, 4.69) is 20.7 Å². The highest BCUT2D eigenvalue weighted by atomic mass is 79.9. The Bertz CT molecular complexity index is 570. The molecule has 0 spiro atoms. The average molecular weight is 370 g/mol. The lowest BCUT2D eigenvalue weighted by molar-refractivity contribution is -0.157. The van der Waals surface area contributed by atoms with Crippen LogP contribution in [-0.2, 0) is 24.3 Å². The Kier molecular flexibility index (Phi) is 4.62. The van der Waals surface area contributed by atoms with Crippen molar-refractivity contribution in [2.24, 2.45) is 0 Å². The van der Waals surface area contributed by atoms with Crippen molar-refractivity contribution >= 4 is 43.3 Å². The maximum atomic E-state index is 12.4. The van der Waals surface area contributed by atoms with Crippen LogP contribution in [0.1, 0.15) is 0 Å². The Labute approximate surface area is 123 Å². The predicted molar refractivity (Wildman–Crippen MR) is 72.5 cm³/mol. The van der Waals surface area contributed by atoms with E-state index in [-0.39, 0.29) is 23.9 Å². The zero-order chi connectivity index (χ0) is 14.0. The fraction of sp³-hybridized carbons (Fsp3) is 0.500. The number of sulfonamides is 1. The smallest absolute Gasteiger partial charge is 0.336 e. The van der Waals surface area contributed by atoms with Crippen LogP contribution in [0.25, 0.3) is 0 Å². The number of carbonyl (C=O) groups excluding carboxylic acids is 1. The number of methoxy groups -OCH3 is 1. The summed E-state index contributed by atoms with van der Waals surface area (Å²) in [5.74, 6) is -0.563. The predicted octanol–water partition coefficient (Wildman–Crippen LogP) is 1.07. The molecule has 1 atom stereocenters. The van der Waals surface area contributed by atoms with Gasteiger partial charge in [0.15, 0.2) is 6.10 Å². The minimum atomic E-state index is -3.58. The highest BCUT2D eigenvalue weighted by molar-refractivity contribution is 9.11. The summed E-state index contributed by atoms with van der Waals surface area (Å²) in [6.07, 6.45) is -0.864. The fourth-order valence-corrected chi connectivity index (χ4v) is 5.27. The standard InChI is InChI=1S/C10H12BrNO5S2/c1-16-10(13)7-6-12(4-5-17-7)19(14,15)9-3-2-8(11)18-9/h2-3,7H,4-6H2,1H3. The van der Waals surface area contributed by atoms with E-state index in [1.807, 2.05) is 0 Å². The molecule has 1 aliphatic heterocycles. The number of hydrogen-bond donors (Lipinski definition) is 0. The largest absolute Gasteiger partial charge is 0.467 e. The maximum Gasteiger partial charge on any atom is 0.336 e. The summed E-state index contributed by atoms with van der Waals surface area (Å²) in [6.45, 7) is 0.376. The second kappa shape index (κ2) is 5.88. The van der Waals surface area contributed by atoms with E-state index in [1.54, 1.807) is 6.07 Å². The molecule has 0 bridgehead atoms. The first-order valence-electron chi connectivity index (χ1n) is 5.40. The van der Waals surface area contributed by atoms with Gasteiger partial charge in [-0.2, -0.15) is 4.31 Å². The van der Waals surface area contributed by atoms with Crippen LogP contribution < -0.4 is 0 Å². The third kappa shape index (κ3) is 3.16. The van der Waals surface area contributed by atoms with Crippen LogP contribution >= 0.6 is 27.3 Å². The van der Waals surface area contributed by atoms with E-state index in [4.69, 9.17) is 4.74 Å². The van der Waals surface area contributed by atoms with Crippen molar-refractivity contribution in [3.63, 3.8) is 0 Å². The first kappa shape index (κ1) is 14.9. The summed E-state index contributed by atoms with van der Waals surface area (Å²) in [4.78, 5) is 11.4. The molecule has 0 amide bonds. The quantitative estimate of drug-likeness (QED) is 0.745. The molecule has 2 rings (SSSR count). The number of carbonyl (C=O) groups is 1. The Hall–Kier alpha value is -0.480. The van der Waals surface area contributed by atoms with Gasteiger partial charge in [-0.25, -0.2) is 13.2 Å². The molecular weight excluding hydrogens is 358 g/mol. The van der Waals surface area contributed by atoms with Gasteiger partial charge in [-0.05, 0) is 28.1 Å². The number of halogens is 1. The molecule has 1 fully saturated rings. The lowest BCUT2D eigenvalue weighted by Gasteiger charge is -2.30. The second-order valence-electron chi connectivity index (χ2n) is 3.80. The highest BCUT2D eigenvalue weighted by Gasteiger charge is 2.35. The van der Waals surface area contributed by atoms with Crippen LogP contribution in [-0.4, -0.2) is 51.6 Å². The maximum absolute atomic E-state index is 12.4. The third-order valence-electron chi connectivity index (χ3n) is 2.64. The van der Waals surface area contributed by atoms with Gasteiger partial charge in [0, 0.05) is 6.54 Å². The van der Waals surface area contributed by atoms with Gasteiger partial charge < -0.3 is 9.47 Å². The first-order chi connectivity index (χ1) is 8.95. The Balaban J connectivity index is 2.19. The van der Waals surface area contributed by atoms with Gasteiger partial charge in [0.05, 0.1) is 24.0 Å². The summed E-state index contributed by atoms with van der Waals surface area (Å²) in [6, 6.07) is 3.21. The van der Waals surface area contributed by atoms with Gasteiger partial charge >= 0.3 is 5.97 Å². The van der Waals surface area contributed by atoms with Crippen molar-refractivity contribution in [1.29, 1.82) is 0 Å². The second-order valence-corrected chi connectivity index (χ2v) is 8.43. The topological polar surface area (TPSA) is 72.9 Å². The minimum absolute atomic E-state index is 0.0233. The first-order valence-corrected chi connectivity index (χ1v) is 8.45. The van der Waals surface area contributed by atoms with E-state index in [9.17, 15) is 13.2 Å². The summed E-state index contributed by atoms with van der Waals surface area (Å²) in [7, 11) is -2.34. The van der Waals surface area contributed by atoms with Crippen LogP contribution in [0.4, 0.5) is 0 Å². The summed E-state index contributed by atoms with van der Waals surface area (Å²) >= 11 is 4.37. The molecule has 1 aliphatic rings. The monoisotopic (exact) mass is 369 g/mol. The molecule has 1 saturated heterocycles. The lowest BCUT2D eigenvalue weighted by atomic mass is 10.3. The fourth-order valence-electron chi connectivity index (χ4n) is 1.68. The Morgan fingerprint density at radius 3 is 2.89 bits per heavy atom. The van der Waals surface area contributed by atoms with Gasteiger partial charge in [-0.1, -0.05) is 0 Å². The van der Waals surface area contributed by atoms with Crippen LogP contribution in [0.15, 0.2) is 20.1 Å². The molecule has 6 nitrogen and oxygen atoms in total. The van der Waals surface area contributed by atoms with Gasteiger partial charge in [0.1, 0.15) is 4.21 Å². The molecule has 0 aromatic carbocycles. The number of hydrogen-bond acceptors (Lipinski definition) is 6. The molecule has 0 aliphatic carbocycles. The van der Waals surface area contributed by atoms with Crippen LogP contribution in [0.5, 0.6) is 0 Å². The molecule has 106 valence electrons. The molecule has 1 aromatic heterocycles. The van der Waals surface area contributed by atoms with E-state index in [0.717, 1.165) is 15.1 Å². The number of ether oxygens (including phenoxy) is 2. The molecule has 1 aromatic rings. The normalized spacial score (nSPS) is 21.3. The van der Waals surface area contributed by atoms with Gasteiger partial charge in [-0.15, -0.1) is 11.3 Å². The Morgan fingerprint density at radius 2 is 2.32 bits per heavy atom. The van der Waals surface area contributed by atoms with E-state index in [0.29, 0.717) is 0 Å². The van der Waals surface area contributed by atoms with Gasteiger partial charge in [0.2, 0.25) is 0 Å². The van der Waals surface area contributed by atoms with Crippen molar-refractivity contribution in [3.05, 3.63) is 15.9 Å². The van der Waals surface area contributed by atoms with Gasteiger partial charge in [0.25, 0.3) is 10.0 Å². The van der Waals surface area contributed by atoms with Crippen LogP contribution in [0.2, 0.25) is 0 Å². The number of nitrogens with zero attached hydrogens (tertiary/aromatic N) is 1. The van der Waals surface area contributed by atoms with Crippen LogP contribution in [0, 0.1) is 0 Å². The Morgan fingerprint density at radius 1 is 1.58 bits per heavy atom. The van der Waals surface area contributed by atoms with E-state index < -0.39 is 22.1 Å². The average Bonchev–Trinajstić information content (AvgIpc) is 2.85. The highest BCUT2D eigenvalue weighted by Crippen LogP contribution is 2.29. The summed E-state index contributed by atoms with van der Waals surface area (Å²) in [5, 5.41) is 0. The zero-order valence-corrected chi connectivity index (χ0v) is 13.3. The molecule has 19 heavy (non-hydrogen) atoms. The van der Waals surface area contributed by atoms with E-state index in [1.165, 1.54) is 17.5 Å². The van der Waals surface area contributed by atoms with Crippen molar-refractivity contribution in [2.75, 3.05) is 26.8 Å². The molecule has 0 saturated carbocycles. The minimum Gasteiger partial charge on any atom is -0.467 e. The molecule has 9 heteroatoms. The van der Waals surface area contributed by atoms with Gasteiger partial charge in [-0.3, -0.25) is 0 Å². The summed E-state index contributed by atoms with van der Waals surface area (Å²) < 4.78 is 36.7. The molecule has 1 unspecified atom stereocenters. The van der Waals surface area contributed by atoms with E-state index >= 15 is 0 Å². The zero-order valence-electron chi connectivity index (χ0n) is 10.0. The number of thiophene rings is 1. The molecule has 0 N–H and O–H groups in total. The SMILES string of the molecule is COC(=O)C1CN(S(=O)(=O)c2ccc(Br)s2)CCO1. The molecule has 0 radical (unpaired) electrons.